The van der Waals surface area contributed by atoms with Crippen molar-refractivity contribution < 1.29 is 24.1 Å². The minimum Gasteiger partial charge on any atom is -0.493 e. The molecule has 18 heavy (non-hydrogen) atoms. The van der Waals surface area contributed by atoms with Crippen molar-refractivity contribution in [3.05, 3.63) is 22.7 Å². The third kappa shape index (κ3) is 4.18. The van der Waals surface area contributed by atoms with Crippen LogP contribution in [0.2, 0.25) is 5.02 Å². The van der Waals surface area contributed by atoms with Crippen LogP contribution in [0, 0.1) is 0 Å². The van der Waals surface area contributed by atoms with Gasteiger partial charge in [0.25, 0.3) is 0 Å². The van der Waals surface area contributed by atoms with Crippen molar-refractivity contribution in [2.45, 2.75) is 0 Å². The molecule has 0 aliphatic carbocycles. The molecule has 0 fully saturated rings. The van der Waals surface area contributed by atoms with Gasteiger partial charge in [-0.3, -0.25) is 4.79 Å². The van der Waals surface area contributed by atoms with E-state index in [0.29, 0.717) is 35.0 Å². The van der Waals surface area contributed by atoms with Crippen molar-refractivity contribution in [1.29, 1.82) is 0 Å². The maximum atomic E-state index is 10.9. The second-order valence-corrected chi connectivity index (χ2v) is 3.77. The SMILES string of the molecule is COc1cc(Cl)cc(C=O)c1OCCOCCO. The van der Waals surface area contributed by atoms with Crippen LogP contribution in [0.25, 0.3) is 0 Å². The van der Waals surface area contributed by atoms with E-state index in [1.165, 1.54) is 13.2 Å². The van der Waals surface area contributed by atoms with E-state index in [2.05, 4.69) is 0 Å². The Balaban J connectivity index is 2.70. The van der Waals surface area contributed by atoms with Gasteiger partial charge in [-0.15, -0.1) is 0 Å². The molecule has 0 amide bonds. The molecule has 1 rings (SSSR count). The number of aldehydes is 1. The predicted octanol–water partition coefficient (Wildman–Crippen LogP) is 1.55. The standard InChI is InChI=1S/C12H15ClO5/c1-16-11-7-10(13)6-9(8-15)12(11)18-5-4-17-3-2-14/h6-8,14H,2-5H2,1H3. The van der Waals surface area contributed by atoms with Crippen LogP contribution in [0.3, 0.4) is 0 Å². The summed E-state index contributed by atoms with van der Waals surface area (Å²) in [6.45, 7) is 0.773. The van der Waals surface area contributed by atoms with Crippen molar-refractivity contribution in [1.82, 2.24) is 0 Å². The van der Waals surface area contributed by atoms with Crippen LogP contribution in [0.4, 0.5) is 0 Å². The van der Waals surface area contributed by atoms with E-state index in [1.54, 1.807) is 6.07 Å². The normalized spacial score (nSPS) is 10.2. The summed E-state index contributed by atoms with van der Waals surface area (Å²) in [5, 5.41) is 8.93. The summed E-state index contributed by atoms with van der Waals surface area (Å²) in [6, 6.07) is 3.07. The molecule has 5 nitrogen and oxygen atoms in total. The Kier molecular flexibility index (Phi) is 6.49. The molecule has 0 saturated heterocycles. The van der Waals surface area contributed by atoms with Gasteiger partial charge in [-0.1, -0.05) is 11.6 Å². The van der Waals surface area contributed by atoms with Gasteiger partial charge in [-0.2, -0.15) is 0 Å². The summed E-state index contributed by atoms with van der Waals surface area (Å²) in [4.78, 5) is 10.9. The highest BCUT2D eigenvalue weighted by Gasteiger charge is 2.12. The second kappa shape index (κ2) is 7.92. The molecule has 0 aliphatic rings. The van der Waals surface area contributed by atoms with Gasteiger partial charge in [0.2, 0.25) is 0 Å². The molecule has 0 aromatic heterocycles. The van der Waals surface area contributed by atoms with Gasteiger partial charge in [0, 0.05) is 11.1 Å². The molecule has 0 spiro atoms. The van der Waals surface area contributed by atoms with Gasteiger partial charge in [-0.05, 0) is 6.07 Å². The number of carbonyl (C=O) groups excluding carboxylic acids is 1. The quantitative estimate of drug-likeness (QED) is 0.575. The molecule has 0 aliphatic heterocycles. The van der Waals surface area contributed by atoms with E-state index in [0.717, 1.165) is 0 Å². The van der Waals surface area contributed by atoms with Crippen molar-refractivity contribution in [3.63, 3.8) is 0 Å². The fourth-order valence-corrected chi connectivity index (χ4v) is 1.57. The molecule has 0 bridgehead atoms. The number of aliphatic hydroxyl groups is 1. The minimum absolute atomic E-state index is 0.0378. The molecule has 0 saturated carbocycles. The van der Waals surface area contributed by atoms with Crippen LogP contribution < -0.4 is 9.47 Å². The summed E-state index contributed by atoms with van der Waals surface area (Å²) < 4.78 is 15.6. The highest BCUT2D eigenvalue weighted by atomic mass is 35.5. The maximum absolute atomic E-state index is 10.9. The molecule has 100 valence electrons. The van der Waals surface area contributed by atoms with Crippen LogP contribution in [-0.2, 0) is 4.74 Å². The molecule has 0 radical (unpaired) electrons. The molecular weight excluding hydrogens is 260 g/mol. The van der Waals surface area contributed by atoms with Crippen molar-refractivity contribution in [2.75, 3.05) is 33.5 Å². The van der Waals surface area contributed by atoms with Crippen LogP contribution in [0.5, 0.6) is 11.5 Å². The number of carbonyl (C=O) groups is 1. The van der Waals surface area contributed by atoms with Gasteiger partial charge < -0.3 is 19.3 Å². The predicted molar refractivity (Wildman–Crippen MR) is 66.8 cm³/mol. The highest BCUT2D eigenvalue weighted by molar-refractivity contribution is 6.31. The lowest BCUT2D eigenvalue weighted by molar-refractivity contribution is 0.0696. The number of methoxy groups -OCH3 is 1. The zero-order valence-electron chi connectivity index (χ0n) is 10.0. The fraction of sp³-hybridized carbons (Fsp3) is 0.417. The summed E-state index contributed by atoms with van der Waals surface area (Å²) >= 11 is 5.84. The molecule has 0 unspecified atom stereocenters. The van der Waals surface area contributed by atoms with E-state index in [1.807, 2.05) is 0 Å². The molecule has 0 heterocycles. The number of benzene rings is 1. The molecule has 1 N–H and O–H groups in total. The molecular formula is C12H15ClO5. The Morgan fingerprint density at radius 1 is 1.33 bits per heavy atom. The van der Waals surface area contributed by atoms with Gasteiger partial charge in [0.1, 0.15) is 6.61 Å². The van der Waals surface area contributed by atoms with Crippen LogP contribution in [-0.4, -0.2) is 44.9 Å². The van der Waals surface area contributed by atoms with Crippen molar-refractivity contribution >= 4 is 17.9 Å². The third-order valence-corrected chi connectivity index (χ3v) is 2.32. The number of hydrogen-bond acceptors (Lipinski definition) is 5. The maximum Gasteiger partial charge on any atom is 0.171 e. The molecule has 6 heteroatoms. The highest BCUT2D eigenvalue weighted by Crippen LogP contribution is 2.33. The average molecular weight is 275 g/mol. The lowest BCUT2D eigenvalue weighted by Crippen LogP contribution is -2.10. The Morgan fingerprint density at radius 2 is 2.11 bits per heavy atom. The molecule has 1 aromatic rings. The van der Waals surface area contributed by atoms with E-state index < -0.39 is 0 Å². The van der Waals surface area contributed by atoms with Gasteiger partial charge in [0.05, 0.1) is 32.5 Å². The first kappa shape index (κ1) is 14.8. The Labute approximate surface area is 110 Å². The Bertz CT molecular complexity index is 394. The minimum atomic E-state index is -0.0378. The van der Waals surface area contributed by atoms with Crippen molar-refractivity contribution in [2.24, 2.45) is 0 Å². The lowest BCUT2D eigenvalue weighted by Gasteiger charge is -2.13. The smallest absolute Gasteiger partial charge is 0.171 e. The first-order valence-corrected chi connectivity index (χ1v) is 5.74. The van der Waals surface area contributed by atoms with Gasteiger partial charge in [-0.25, -0.2) is 0 Å². The second-order valence-electron chi connectivity index (χ2n) is 3.33. The number of ether oxygens (including phenoxy) is 3. The zero-order chi connectivity index (χ0) is 13.4. The topological polar surface area (TPSA) is 65.0 Å². The number of rotatable bonds is 8. The fourth-order valence-electron chi connectivity index (χ4n) is 1.35. The summed E-state index contributed by atoms with van der Waals surface area (Å²) in [7, 11) is 1.47. The summed E-state index contributed by atoms with van der Waals surface area (Å²) in [6.07, 6.45) is 0.651. The Hall–Kier alpha value is -1.30. The van der Waals surface area contributed by atoms with Crippen molar-refractivity contribution in [3.8, 4) is 11.5 Å². The number of halogens is 1. The molecule has 0 atom stereocenters. The largest absolute Gasteiger partial charge is 0.493 e. The summed E-state index contributed by atoms with van der Waals surface area (Å²) in [5.41, 5.74) is 0.321. The number of hydrogen-bond donors (Lipinski definition) is 1. The van der Waals surface area contributed by atoms with E-state index in [-0.39, 0.29) is 19.8 Å². The number of aliphatic hydroxyl groups excluding tert-OH is 1. The van der Waals surface area contributed by atoms with Crippen LogP contribution in [0.15, 0.2) is 12.1 Å². The zero-order valence-corrected chi connectivity index (χ0v) is 10.8. The lowest BCUT2D eigenvalue weighted by atomic mass is 10.2. The first-order chi connectivity index (χ1) is 8.72. The van der Waals surface area contributed by atoms with Crippen LogP contribution >= 0.6 is 11.6 Å². The monoisotopic (exact) mass is 274 g/mol. The average Bonchev–Trinajstić information content (AvgIpc) is 2.39. The van der Waals surface area contributed by atoms with E-state index in [4.69, 9.17) is 30.9 Å². The van der Waals surface area contributed by atoms with E-state index >= 15 is 0 Å². The third-order valence-electron chi connectivity index (χ3n) is 2.10. The Morgan fingerprint density at radius 3 is 2.72 bits per heavy atom. The van der Waals surface area contributed by atoms with Gasteiger partial charge >= 0.3 is 0 Å². The first-order valence-electron chi connectivity index (χ1n) is 5.37. The summed E-state index contributed by atoms with van der Waals surface area (Å²) in [5.74, 6) is 0.733. The van der Waals surface area contributed by atoms with Gasteiger partial charge in [0.15, 0.2) is 17.8 Å². The van der Waals surface area contributed by atoms with Crippen LogP contribution in [0.1, 0.15) is 10.4 Å². The molecule has 1 aromatic carbocycles. The van der Waals surface area contributed by atoms with E-state index in [9.17, 15) is 4.79 Å².